The fourth-order valence-electron chi connectivity index (χ4n) is 3.28. The Morgan fingerprint density at radius 2 is 1.81 bits per heavy atom. The first-order chi connectivity index (χ1) is 14.1. The summed E-state index contributed by atoms with van der Waals surface area (Å²) in [4.78, 5) is 26.2. The molecule has 8 nitrogen and oxygen atoms in total. The molecule has 1 aromatic carbocycles. The van der Waals surface area contributed by atoms with Crippen molar-refractivity contribution in [2.45, 2.75) is 51.8 Å². The van der Waals surface area contributed by atoms with Crippen molar-refractivity contribution < 1.29 is 39.7 Å². The Hall–Kier alpha value is -2.76. The molecule has 1 aliphatic rings. The van der Waals surface area contributed by atoms with Gasteiger partial charge in [0.1, 0.15) is 16.9 Å². The fourth-order valence-corrected chi connectivity index (χ4v) is 3.73. The molecule has 0 saturated carbocycles. The highest BCUT2D eigenvalue weighted by Gasteiger charge is 2.48. The van der Waals surface area contributed by atoms with Gasteiger partial charge in [0.2, 0.25) is 0 Å². The number of ether oxygens (including phenoxy) is 1. The standard InChI is InChI=1S/C19H20F3NO7S/c1-10-7-11(30-31(26,27)19(20,21)22)8-14-15(10)12-5-6-23(9-13(12)16(24)28-14)17(25)29-18(2,3)4/h7-8H,5-6,9H2,1-4H3. The lowest BCUT2D eigenvalue weighted by Gasteiger charge is -2.31. The highest BCUT2D eigenvalue weighted by Crippen LogP contribution is 2.34. The van der Waals surface area contributed by atoms with Gasteiger partial charge in [-0.05, 0) is 51.3 Å². The van der Waals surface area contributed by atoms with Crippen LogP contribution in [0.1, 0.15) is 37.5 Å². The van der Waals surface area contributed by atoms with Crippen LogP contribution < -0.4 is 9.81 Å². The van der Waals surface area contributed by atoms with Gasteiger partial charge in [0, 0.05) is 18.0 Å². The minimum Gasteiger partial charge on any atom is -0.444 e. The average Bonchev–Trinajstić information content (AvgIpc) is 2.58. The van der Waals surface area contributed by atoms with Crippen LogP contribution in [0.5, 0.6) is 5.75 Å². The third-order valence-corrected chi connectivity index (χ3v) is 5.49. The van der Waals surface area contributed by atoms with E-state index in [0.29, 0.717) is 16.5 Å². The average molecular weight is 463 g/mol. The van der Waals surface area contributed by atoms with Crippen LogP contribution in [0.4, 0.5) is 18.0 Å². The maximum absolute atomic E-state index is 12.6. The van der Waals surface area contributed by atoms with Gasteiger partial charge in [-0.25, -0.2) is 9.59 Å². The van der Waals surface area contributed by atoms with Crippen molar-refractivity contribution in [2.75, 3.05) is 6.54 Å². The first-order valence-corrected chi connectivity index (χ1v) is 10.6. The van der Waals surface area contributed by atoms with Gasteiger partial charge in [-0.1, -0.05) is 0 Å². The van der Waals surface area contributed by atoms with Crippen LogP contribution in [0.3, 0.4) is 0 Å². The molecule has 12 heteroatoms. The van der Waals surface area contributed by atoms with E-state index >= 15 is 0 Å². The third kappa shape index (κ3) is 4.63. The second-order valence-electron chi connectivity index (χ2n) is 8.10. The van der Waals surface area contributed by atoms with Crippen LogP contribution in [0.25, 0.3) is 11.0 Å². The van der Waals surface area contributed by atoms with Crippen LogP contribution in [-0.2, 0) is 27.8 Å². The molecule has 0 bridgehead atoms. The summed E-state index contributed by atoms with van der Waals surface area (Å²) in [6, 6.07) is 2.04. The monoisotopic (exact) mass is 463 g/mol. The number of hydrogen-bond acceptors (Lipinski definition) is 7. The molecule has 0 unspecified atom stereocenters. The number of halogens is 3. The first kappa shape index (κ1) is 22.9. The highest BCUT2D eigenvalue weighted by atomic mass is 32.2. The van der Waals surface area contributed by atoms with Gasteiger partial charge in [0.15, 0.2) is 0 Å². The van der Waals surface area contributed by atoms with Crippen molar-refractivity contribution in [1.29, 1.82) is 0 Å². The number of carbonyl (C=O) groups is 1. The summed E-state index contributed by atoms with van der Waals surface area (Å²) < 4.78 is 75.0. The third-order valence-electron chi connectivity index (χ3n) is 4.51. The van der Waals surface area contributed by atoms with Gasteiger partial charge in [-0.15, -0.1) is 0 Å². The summed E-state index contributed by atoms with van der Waals surface area (Å²) in [5.41, 5.74) is -6.05. The van der Waals surface area contributed by atoms with E-state index in [0.717, 1.165) is 12.1 Å². The van der Waals surface area contributed by atoms with E-state index in [9.17, 15) is 31.2 Å². The van der Waals surface area contributed by atoms with Crippen molar-refractivity contribution in [1.82, 2.24) is 4.90 Å². The number of hydrogen-bond donors (Lipinski definition) is 0. The number of rotatable bonds is 2. The minimum atomic E-state index is -5.87. The molecule has 0 fully saturated rings. The summed E-state index contributed by atoms with van der Waals surface area (Å²) in [6.07, 6.45) is -0.311. The van der Waals surface area contributed by atoms with E-state index in [4.69, 9.17) is 9.15 Å². The molecular weight excluding hydrogens is 443 g/mol. The first-order valence-electron chi connectivity index (χ1n) is 9.17. The van der Waals surface area contributed by atoms with Gasteiger partial charge in [-0.2, -0.15) is 21.6 Å². The van der Waals surface area contributed by atoms with Gasteiger partial charge in [0.05, 0.1) is 12.1 Å². The Balaban J connectivity index is 2.01. The molecule has 0 spiro atoms. The SMILES string of the molecule is Cc1cc(OS(=O)(=O)C(F)(F)F)cc2oc(=O)c3c(c12)CCN(C(=O)OC(C)(C)C)C3. The van der Waals surface area contributed by atoms with Crippen molar-refractivity contribution >= 4 is 27.2 Å². The number of amides is 1. The topological polar surface area (TPSA) is 103 Å². The molecule has 2 heterocycles. The molecule has 3 rings (SSSR count). The number of nitrogens with zero attached hydrogens (tertiary/aromatic N) is 1. The molecule has 31 heavy (non-hydrogen) atoms. The lowest BCUT2D eigenvalue weighted by molar-refractivity contribution is -0.0500. The second-order valence-corrected chi connectivity index (χ2v) is 9.63. The fraction of sp³-hybridized carbons (Fsp3) is 0.474. The number of aryl methyl sites for hydroxylation is 1. The Bertz CT molecular complexity index is 1210. The van der Waals surface area contributed by atoms with Gasteiger partial charge >= 0.3 is 27.3 Å². The zero-order valence-electron chi connectivity index (χ0n) is 17.1. The lowest BCUT2D eigenvalue weighted by Crippen LogP contribution is -2.41. The van der Waals surface area contributed by atoms with Crippen molar-refractivity contribution in [3.8, 4) is 5.75 Å². The van der Waals surface area contributed by atoms with Crippen LogP contribution >= 0.6 is 0 Å². The van der Waals surface area contributed by atoms with Crippen molar-refractivity contribution in [3.05, 3.63) is 39.2 Å². The summed E-state index contributed by atoms with van der Waals surface area (Å²) in [7, 11) is -5.87. The number of benzene rings is 1. The molecule has 0 radical (unpaired) electrons. The number of carbonyl (C=O) groups excluding carboxylic acids is 1. The van der Waals surface area contributed by atoms with E-state index < -0.39 is 38.7 Å². The van der Waals surface area contributed by atoms with Crippen LogP contribution in [-0.4, -0.2) is 37.1 Å². The second kappa shape index (κ2) is 7.43. The number of alkyl halides is 3. The summed E-state index contributed by atoms with van der Waals surface area (Å²) in [5, 5.41) is 0.454. The molecule has 1 aliphatic heterocycles. The maximum atomic E-state index is 12.6. The zero-order valence-corrected chi connectivity index (χ0v) is 17.9. The molecule has 170 valence electrons. The summed E-state index contributed by atoms with van der Waals surface area (Å²) >= 11 is 0. The lowest BCUT2D eigenvalue weighted by atomic mass is 9.95. The Morgan fingerprint density at radius 1 is 1.16 bits per heavy atom. The van der Waals surface area contributed by atoms with Gasteiger partial charge in [0.25, 0.3) is 0 Å². The van der Waals surface area contributed by atoms with E-state index in [-0.39, 0.29) is 30.7 Å². The molecule has 2 aromatic rings. The van der Waals surface area contributed by atoms with Crippen LogP contribution in [0, 0.1) is 6.92 Å². The van der Waals surface area contributed by atoms with E-state index in [1.807, 2.05) is 0 Å². The molecule has 1 aromatic heterocycles. The van der Waals surface area contributed by atoms with Gasteiger partial charge < -0.3 is 18.2 Å². The number of fused-ring (bicyclic) bond motifs is 3. The van der Waals surface area contributed by atoms with Crippen LogP contribution in [0.2, 0.25) is 0 Å². The largest absolute Gasteiger partial charge is 0.534 e. The molecule has 0 saturated heterocycles. The normalized spacial score (nSPS) is 15.0. The Kier molecular flexibility index (Phi) is 5.49. The van der Waals surface area contributed by atoms with E-state index in [2.05, 4.69) is 4.18 Å². The quantitative estimate of drug-likeness (QED) is 0.381. The summed E-state index contributed by atoms with van der Waals surface area (Å²) in [6.45, 7) is 6.87. The minimum absolute atomic E-state index is 0.0529. The highest BCUT2D eigenvalue weighted by molar-refractivity contribution is 7.88. The Labute approximate surface area is 175 Å². The van der Waals surface area contributed by atoms with Crippen LogP contribution in [0.15, 0.2) is 21.3 Å². The maximum Gasteiger partial charge on any atom is 0.534 e. The van der Waals surface area contributed by atoms with Crippen molar-refractivity contribution in [2.24, 2.45) is 0 Å². The van der Waals surface area contributed by atoms with Gasteiger partial charge in [-0.3, -0.25) is 0 Å². The predicted octanol–water partition coefficient (Wildman–Crippen LogP) is 3.62. The van der Waals surface area contributed by atoms with Crippen molar-refractivity contribution in [3.63, 3.8) is 0 Å². The predicted molar refractivity (Wildman–Crippen MR) is 103 cm³/mol. The Morgan fingerprint density at radius 3 is 2.39 bits per heavy atom. The summed E-state index contributed by atoms with van der Waals surface area (Å²) in [5.74, 6) is -0.628. The zero-order chi connectivity index (χ0) is 23.4. The molecule has 0 atom stereocenters. The van der Waals surface area contributed by atoms with E-state index in [1.165, 1.54) is 11.8 Å². The molecule has 0 N–H and O–H groups in total. The molecule has 1 amide bonds. The smallest absolute Gasteiger partial charge is 0.444 e. The molecular formula is C19H20F3NO7S. The van der Waals surface area contributed by atoms with E-state index in [1.54, 1.807) is 20.8 Å². The molecule has 0 aliphatic carbocycles.